The van der Waals surface area contributed by atoms with E-state index in [9.17, 15) is 14.9 Å². The number of thioether (sulfide) groups is 1. The summed E-state index contributed by atoms with van der Waals surface area (Å²) in [6.45, 7) is 7.46. The molecular weight excluding hydrogens is 476 g/mol. The molecule has 4 rings (SSSR count). The molecule has 1 amide bonds. The standard InChI is InChI=1S/C22H27N6O4S2/c1-22(2,3)17-11-23-18(32-17)14-33-19-12-24-20(34-19)25-15-5-4-8-27(13-15)21(29)26-9-6-16(7-10-26)28(30)31/h6-7,9-12,15H,4-5,8,13-14H2,1-3H3,(H,24,25)/q+1/t15-/m0/s1. The Morgan fingerprint density at radius 3 is 2.79 bits per heavy atom. The molecule has 0 aromatic carbocycles. The van der Waals surface area contributed by atoms with Gasteiger partial charge in [0.2, 0.25) is 5.89 Å². The maximum absolute atomic E-state index is 12.8. The number of thiazole rings is 1. The van der Waals surface area contributed by atoms with E-state index in [1.54, 1.807) is 34.2 Å². The number of pyridine rings is 1. The molecule has 0 radical (unpaired) electrons. The van der Waals surface area contributed by atoms with Crippen LogP contribution in [-0.2, 0) is 11.2 Å². The predicted octanol–water partition coefficient (Wildman–Crippen LogP) is 4.46. The first kappa shape index (κ1) is 24.1. The molecule has 0 bridgehead atoms. The Morgan fingerprint density at radius 1 is 1.35 bits per heavy atom. The molecule has 0 saturated carbocycles. The fourth-order valence-corrected chi connectivity index (χ4v) is 5.33. The second-order valence-electron chi connectivity index (χ2n) is 9.07. The SMILES string of the molecule is CC(C)(C)c1cnc(CSc2cnc(N[C@H]3CCCN(C(=O)[n+]4ccc([N+](=O)[O-])cc4)C3)s2)o1. The first-order valence-electron chi connectivity index (χ1n) is 10.9. The highest BCUT2D eigenvalue weighted by Crippen LogP contribution is 2.32. The van der Waals surface area contributed by atoms with Gasteiger partial charge < -0.3 is 9.73 Å². The van der Waals surface area contributed by atoms with Crippen LogP contribution < -0.4 is 9.88 Å². The molecular formula is C22H27N6O4S2+. The summed E-state index contributed by atoms with van der Waals surface area (Å²) in [4.78, 5) is 33.8. The maximum Gasteiger partial charge on any atom is 0.497 e. The zero-order valence-electron chi connectivity index (χ0n) is 19.3. The van der Waals surface area contributed by atoms with E-state index >= 15 is 0 Å². The van der Waals surface area contributed by atoms with Gasteiger partial charge in [0, 0.05) is 5.41 Å². The number of nitro groups is 1. The molecule has 1 fully saturated rings. The number of oxazole rings is 1. The zero-order valence-corrected chi connectivity index (χ0v) is 20.9. The van der Waals surface area contributed by atoms with Gasteiger partial charge in [-0.05, 0) is 12.8 Å². The Bertz CT molecular complexity index is 1150. The number of amides is 1. The van der Waals surface area contributed by atoms with Crippen LogP contribution in [0.15, 0.2) is 45.5 Å². The van der Waals surface area contributed by atoms with E-state index < -0.39 is 4.92 Å². The summed E-state index contributed by atoms with van der Waals surface area (Å²) in [5.41, 5.74) is -0.110. The second kappa shape index (κ2) is 10.1. The summed E-state index contributed by atoms with van der Waals surface area (Å²) in [7, 11) is 0. The molecule has 1 aliphatic rings. The van der Waals surface area contributed by atoms with E-state index in [0.717, 1.165) is 27.9 Å². The number of hydrogen-bond acceptors (Lipinski definition) is 9. The van der Waals surface area contributed by atoms with Gasteiger partial charge in [-0.25, -0.2) is 14.9 Å². The number of hydrogen-bond donors (Lipinski definition) is 1. The lowest BCUT2D eigenvalue weighted by atomic mass is 9.94. The van der Waals surface area contributed by atoms with Gasteiger partial charge in [-0.2, -0.15) is 9.36 Å². The van der Waals surface area contributed by atoms with E-state index in [0.29, 0.717) is 24.7 Å². The zero-order chi connectivity index (χ0) is 24.3. The third kappa shape index (κ3) is 5.92. The van der Waals surface area contributed by atoms with Gasteiger partial charge in [-0.15, -0.1) is 11.8 Å². The van der Waals surface area contributed by atoms with Crippen LogP contribution in [0.4, 0.5) is 15.6 Å². The van der Waals surface area contributed by atoms with E-state index in [2.05, 4.69) is 36.1 Å². The molecule has 10 nitrogen and oxygen atoms in total. The summed E-state index contributed by atoms with van der Waals surface area (Å²) in [6, 6.07) is 2.54. The molecule has 12 heteroatoms. The largest absolute Gasteiger partial charge is 0.497 e. The van der Waals surface area contributed by atoms with Gasteiger partial charge >= 0.3 is 6.03 Å². The summed E-state index contributed by atoms with van der Waals surface area (Å²) in [5.74, 6) is 2.21. The predicted molar refractivity (Wildman–Crippen MR) is 129 cm³/mol. The fourth-order valence-electron chi connectivity index (χ4n) is 3.52. The lowest BCUT2D eigenvalue weighted by molar-refractivity contribution is -0.579. The third-order valence-corrected chi connectivity index (χ3v) is 7.49. The van der Waals surface area contributed by atoms with Crippen molar-refractivity contribution >= 4 is 39.9 Å². The average molecular weight is 504 g/mol. The maximum atomic E-state index is 12.8. The number of anilines is 1. The van der Waals surface area contributed by atoms with Crippen molar-refractivity contribution in [3.05, 3.63) is 58.7 Å². The van der Waals surface area contributed by atoms with Gasteiger partial charge in [-0.3, -0.25) is 10.1 Å². The molecule has 1 saturated heterocycles. The molecule has 3 aromatic rings. The van der Waals surface area contributed by atoms with Gasteiger partial charge in [-0.1, -0.05) is 32.1 Å². The van der Waals surface area contributed by atoms with Crippen LogP contribution in [0, 0.1) is 10.1 Å². The Hall–Kier alpha value is -2.99. The van der Waals surface area contributed by atoms with Crippen LogP contribution in [-0.4, -0.2) is 45.0 Å². The van der Waals surface area contributed by atoms with Crippen molar-refractivity contribution in [2.75, 3.05) is 18.4 Å². The average Bonchev–Trinajstić information content (AvgIpc) is 3.47. The van der Waals surface area contributed by atoms with E-state index in [1.807, 2.05) is 6.20 Å². The van der Waals surface area contributed by atoms with Crippen LogP contribution in [0.3, 0.4) is 0 Å². The Morgan fingerprint density at radius 2 is 2.12 bits per heavy atom. The van der Waals surface area contributed by atoms with Crippen molar-refractivity contribution in [3.63, 3.8) is 0 Å². The highest BCUT2D eigenvalue weighted by molar-refractivity contribution is 8.00. The molecule has 1 aliphatic heterocycles. The van der Waals surface area contributed by atoms with Crippen molar-refractivity contribution in [2.24, 2.45) is 0 Å². The highest BCUT2D eigenvalue weighted by atomic mass is 32.2. The van der Waals surface area contributed by atoms with Crippen LogP contribution in [0.5, 0.6) is 0 Å². The molecule has 3 aromatic heterocycles. The molecule has 1 atom stereocenters. The van der Waals surface area contributed by atoms with Crippen molar-refractivity contribution in [3.8, 4) is 0 Å². The number of aromatic nitrogens is 3. The summed E-state index contributed by atoms with van der Waals surface area (Å²) in [6.07, 6.45) is 8.29. The highest BCUT2D eigenvalue weighted by Gasteiger charge is 2.32. The van der Waals surface area contributed by atoms with Crippen LogP contribution >= 0.6 is 23.1 Å². The van der Waals surface area contributed by atoms with Crippen molar-refractivity contribution < 1.29 is 18.7 Å². The van der Waals surface area contributed by atoms with E-state index in [4.69, 9.17) is 4.42 Å². The topological polar surface area (TPSA) is 118 Å². The Balaban J connectivity index is 1.30. The molecule has 4 heterocycles. The monoisotopic (exact) mass is 503 g/mol. The van der Waals surface area contributed by atoms with E-state index in [1.165, 1.54) is 29.1 Å². The number of likely N-dealkylation sites (tertiary alicyclic amines) is 1. The van der Waals surface area contributed by atoms with Gasteiger partial charge in [0.15, 0.2) is 5.13 Å². The molecule has 0 unspecified atom stereocenters. The minimum absolute atomic E-state index is 0.0443. The number of nitrogens with zero attached hydrogens (tertiary/aromatic N) is 5. The minimum Gasteiger partial charge on any atom is -0.444 e. The number of piperidine rings is 1. The lowest BCUT2D eigenvalue weighted by Gasteiger charge is -2.27. The summed E-state index contributed by atoms with van der Waals surface area (Å²) < 4.78 is 8.29. The molecule has 180 valence electrons. The smallest absolute Gasteiger partial charge is 0.444 e. The molecule has 1 N–H and O–H groups in total. The van der Waals surface area contributed by atoms with Gasteiger partial charge in [0.25, 0.3) is 5.69 Å². The van der Waals surface area contributed by atoms with Crippen LogP contribution in [0.2, 0.25) is 0 Å². The number of carbonyl (C=O) groups is 1. The molecule has 34 heavy (non-hydrogen) atoms. The van der Waals surface area contributed by atoms with Crippen LogP contribution in [0.25, 0.3) is 0 Å². The first-order valence-corrected chi connectivity index (χ1v) is 12.7. The molecule has 0 aliphatic carbocycles. The van der Waals surface area contributed by atoms with Crippen molar-refractivity contribution in [1.29, 1.82) is 0 Å². The number of rotatable bonds is 6. The van der Waals surface area contributed by atoms with Gasteiger partial charge in [0.05, 0.1) is 52.0 Å². The Labute approximate surface area is 205 Å². The normalized spacial score (nSPS) is 16.4. The minimum atomic E-state index is -0.482. The number of carbonyl (C=O) groups excluding carboxylic acids is 1. The van der Waals surface area contributed by atoms with Crippen molar-refractivity contribution in [2.45, 2.75) is 55.0 Å². The van der Waals surface area contributed by atoms with Crippen LogP contribution in [0.1, 0.15) is 45.3 Å². The molecule has 0 spiro atoms. The van der Waals surface area contributed by atoms with Crippen molar-refractivity contribution in [1.82, 2.24) is 14.9 Å². The third-order valence-electron chi connectivity index (χ3n) is 5.38. The first-order chi connectivity index (χ1) is 16.2. The van der Waals surface area contributed by atoms with E-state index in [-0.39, 0.29) is 23.2 Å². The second-order valence-corrected chi connectivity index (χ2v) is 11.4. The summed E-state index contributed by atoms with van der Waals surface area (Å²) >= 11 is 3.20. The number of nitrogens with one attached hydrogen (secondary N) is 1. The quantitative estimate of drug-likeness (QED) is 0.227. The lowest BCUT2D eigenvalue weighted by Crippen LogP contribution is -2.56. The Kier molecular flexibility index (Phi) is 7.17. The van der Waals surface area contributed by atoms with Gasteiger partial charge in [0.1, 0.15) is 24.7 Å². The summed E-state index contributed by atoms with van der Waals surface area (Å²) in [5, 5.41) is 15.1. The fraction of sp³-hybridized carbons (Fsp3) is 0.455.